The smallest absolute Gasteiger partial charge is 0.185 e. The van der Waals surface area contributed by atoms with Crippen LogP contribution in [0.25, 0.3) is 11.3 Å². The Balaban J connectivity index is 1.45. The minimum atomic E-state index is 0.555. The monoisotopic (exact) mass is 311 g/mol. The summed E-state index contributed by atoms with van der Waals surface area (Å²) in [6, 6.07) is 6.16. The van der Waals surface area contributed by atoms with E-state index in [4.69, 9.17) is 0 Å². The molecule has 0 aromatic carbocycles. The number of pyridine rings is 1. The summed E-state index contributed by atoms with van der Waals surface area (Å²) in [5.41, 5.74) is 3.35. The van der Waals surface area contributed by atoms with Crippen LogP contribution in [-0.4, -0.2) is 33.3 Å². The molecule has 4 heterocycles. The number of nitrogens with one attached hydrogen (secondary N) is 1. The van der Waals surface area contributed by atoms with Crippen LogP contribution in [0.15, 0.2) is 42.2 Å². The van der Waals surface area contributed by atoms with Crippen molar-refractivity contribution in [3.8, 4) is 11.3 Å². The van der Waals surface area contributed by atoms with Crippen LogP contribution in [0.2, 0.25) is 0 Å². The van der Waals surface area contributed by atoms with Crippen molar-refractivity contribution >= 4 is 16.5 Å². The number of aromatic nitrogens is 4. The van der Waals surface area contributed by atoms with E-state index in [1.165, 1.54) is 5.69 Å². The van der Waals surface area contributed by atoms with Crippen molar-refractivity contribution in [3.63, 3.8) is 0 Å². The SMILES string of the molecule is c1cc(-c2cc(C3CCN(c4nccs4)CC3)[nH]n2)ccn1. The molecule has 0 bridgehead atoms. The summed E-state index contributed by atoms with van der Waals surface area (Å²) in [4.78, 5) is 10.8. The van der Waals surface area contributed by atoms with Crippen molar-refractivity contribution in [2.45, 2.75) is 18.8 Å². The standard InChI is InChI=1S/C16H17N5S/c1-5-17-6-2-12(1)14-11-15(20-19-14)13-3-8-21(9-4-13)16-18-7-10-22-16/h1-2,5-7,10-11,13H,3-4,8-9H2,(H,19,20). The second kappa shape index (κ2) is 5.88. The molecule has 6 heteroatoms. The van der Waals surface area contributed by atoms with Crippen LogP contribution >= 0.6 is 11.3 Å². The maximum atomic E-state index is 4.45. The lowest BCUT2D eigenvalue weighted by atomic mass is 9.93. The molecule has 3 aromatic rings. The number of anilines is 1. The highest BCUT2D eigenvalue weighted by Gasteiger charge is 2.23. The van der Waals surface area contributed by atoms with Crippen molar-refractivity contribution in [1.82, 2.24) is 20.2 Å². The van der Waals surface area contributed by atoms with Gasteiger partial charge in [0.25, 0.3) is 0 Å². The summed E-state index contributed by atoms with van der Waals surface area (Å²) >= 11 is 1.72. The number of thiazole rings is 1. The van der Waals surface area contributed by atoms with Gasteiger partial charge in [0.15, 0.2) is 5.13 Å². The van der Waals surface area contributed by atoms with Gasteiger partial charge in [-0.05, 0) is 31.0 Å². The zero-order valence-electron chi connectivity index (χ0n) is 12.1. The number of nitrogens with zero attached hydrogens (tertiary/aromatic N) is 4. The minimum Gasteiger partial charge on any atom is -0.348 e. The average molecular weight is 311 g/mol. The fourth-order valence-electron chi connectivity index (χ4n) is 2.97. The van der Waals surface area contributed by atoms with Crippen molar-refractivity contribution in [1.29, 1.82) is 0 Å². The topological polar surface area (TPSA) is 57.7 Å². The molecule has 1 fully saturated rings. The van der Waals surface area contributed by atoms with Crippen molar-refractivity contribution in [2.24, 2.45) is 0 Å². The Morgan fingerprint density at radius 2 is 1.95 bits per heavy atom. The van der Waals surface area contributed by atoms with Gasteiger partial charge in [-0.3, -0.25) is 10.1 Å². The van der Waals surface area contributed by atoms with Gasteiger partial charge in [0, 0.05) is 54.2 Å². The molecule has 5 nitrogen and oxygen atoms in total. The highest BCUT2D eigenvalue weighted by atomic mass is 32.1. The summed E-state index contributed by atoms with van der Waals surface area (Å²) in [6.45, 7) is 2.11. The summed E-state index contributed by atoms with van der Waals surface area (Å²) in [5.74, 6) is 0.555. The first kappa shape index (κ1) is 13.5. The lowest BCUT2D eigenvalue weighted by Gasteiger charge is -2.31. The number of hydrogen-bond acceptors (Lipinski definition) is 5. The Labute approximate surface area is 133 Å². The van der Waals surface area contributed by atoms with Crippen LogP contribution in [0, 0.1) is 0 Å². The number of rotatable bonds is 3. The Bertz CT molecular complexity index is 714. The number of H-pyrrole nitrogens is 1. The highest BCUT2D eigenvalue weighted by molar-refractivity contribution is 7.13. The van der Waals surface area contributed by atoms with Crippen molar-refractivity contribution in [3.05, 3.63) is 47.9 Å². The predicted octanol–water partition coefficient (Wildman–Crippen LogP) is 3.31. The van der Waals surface area contributed by atoms with Crippen molar-refractivity contribution in [2.75, 3.05) is 18.0 Å². The molecular formula is C16H17N5S. The molecule has 0 atom stereocenters. The van der Waals surface area contributed by atoms with Gasteiger partial charge in [0.05, 0.1) is 5.69 Å². The minimum absolute atomic E-state index is 0.555. The Morgan fingerprint density at radius 1 is 1.14 bits per heavy atom. The van der Waals surface area contributed by atoms with Gasteiger partial charge in [-0.15, -0.1) is 11.3 Å². The molecule has 22 heavy (non-hydrogen) atoms. The van der Waals surface area contributed by atoms with E-state index < -0.39 is 0 Å². The number of hydrogen-bond donors (Lipinski definition) is 1. The largest absolute Gasteiger partial charge is 0.348 e. The third-order valence-corrected chi connectivity index (χ3v) is 5.03. The molecule has 0 spiro atoms. The van der Waals surface area contributed by atoms with Gasteiger partial charge >= 0.3 is 0 Å². The Hall–Kier alpha value is -2.21. The highest BCUT2D eigenvalue weighted by Crippen LogP contribution is 2.31. The second-order valence-corrected chi connectivity index (χ2v) is 6.39. The zero-order chi connectivity index (χ0) is 14.8. The van der Waals surface area contributed by atoms with Gasteiger partial charge in [-0.1, -0.05) is 0 Å². The van der Waals surface area contributed by atoms with E-state index in [2.05, 4.69) is 31.1 Å². The molecule has 1 aliphatic heterocycles. The van der Waals surface area contributed by atoms with Crippen LogP contribution in [0.1, 0.15) is 24.5 Å². The molecule has 0 radical (unpaired) electrons. The molecule has 0 amide bonds. The normalized spacial score (nSPS) is 16.1. The lowest BCUT2D eigenvalue weighted by molar-refractivity contribution is 0.495. The fourth-order valence-corrected chi connectivity index (χ4v) is 3.67. The van der Waals surface area contributed by atoms with Gasteiger partial charge in [0.1, 0.15) is 0 Å². The summed E-state index contributed by atoms with van der Waals surface area (Å²) in [7, 11) is 0. The molecule has 0 saturated carbocycles. The average Bonchev–Trinajstić information content (AvgIpc) is 3.28. The molecule has 3 aromatic heterocycles. The van der Waals surface area contributed by atoms with E-state index >= 15 is 0 Å². The lowest BCUT2D eigenvalue weighted by Crippen LogP contribution is -2.32. The van der Waals surface area contributed by atoms with E-state index in [0.29, 0.717) is 5.92 Å². The molecule has 4 rings (SSSR count). The Kier molecular flexibility index (Phi) is 3.60. The summed E-state index contributed by atoms with van der Waals surface area (Å²) in [6.07, 6.45) is 7.75. The molecule has 0 aliphatic carbocycles. The van der Waals surface area contributed by atoms with Gasteiger partial charge in [-0.25, -0.2) is 4.98 Å². The van der Waals surface area contributed by atoms with Crippen LogP contribution in [0.3, 0.4) is 0 Å². The molecule has 112 valence electrons. The van der Waals surface area contributed by atoms with Gasteiger partial charge < -0.3 is 4.90 Å². The second-order valence-electron chi connectivity index (χ2n) is 5.52. The van der Waals surface area contributed by atoms with Crippen LogP contribution < -0.4 is 4.90 Å². The maximum absolute atomic E-state index is 4.45. The first-order valence-corrected chi connectivity index (χ1v) is 8.38. The number of piperidine rings is 1. The third kappa shape index (κ3) is 2.62. The fraction of sp³-hybridized carbons (Fsp3) is 0.312. The number of aromatic amines is 1. The zero-order valence-corrected chi connectivity index (χ0v) is 13.0. The molecule has 1 N–H and O–H groups in total. The first-order valence-electron chi connectivity index (χ1n) is 7.50. The van der Waals surface area contributed by atoms with E-state index in [1.807, 2.05) is 23.7 Å². The van der Waals surface area contributed by atoms with E-state index in [0.717, 1.165) is 42.3 Å². The first-order chi connectivity index (χ1) is 10.9. The van der Waals surface area contributed by atoms with Gasteiger partial charge in [0.2, 0.25) is 0 Å². The Morgan fingerprint density at radius 3 is 2.68 bits per heavy atom. The quantitative estimate of drug-likeness (QED) is 0.806. The van der Waals surface area contributed by atoms with E-state index in [1.54, 1.807) is 23.7 Å². The molecular weight excluding hydrogens is 294 g/mol. The summed E-state index contributed by atoms with van der Waals surface area (Å²) in [5, 5.41) is 10.9. The molecule has 1 aliphatic rings. The summed E-state index contributed by atoms with van der Waals surface area (Å²) < 4.78 is 0. The van der Waals surface area contributed by atoms with Crippen LogP contribution in [-0.2, 0) is 0 Å². The van der Waals surface area contributed by atoms with Crippen LogP contribution in [0.4, 0.5) is 5.13 Å². The van der Waals surface area contributed by atoms with Gasteiger partial charge in [-0.2, -0.15) is 5.10 Å². The van der Waals surface area contributed by atoms with E-state index in [9.17, 15) is 0 Å². The molecule has 0 unspecified atom stereocenters. The molecule has 1 saturated heterocycles. The van der Waals surface area contributed by atoms with Crippen molar-refractivity contribution < 1.29 is 0 Å². The van der Waals surface area contributed by atoms with E-state index in [-0.39, 0.29) is 0 Å². The maximum Gasteiger partial charge on any atom is 0.185 e. The third-order valence-electron chi connectivity index (χ3n) is 4.20. The predicted molar refractivity (Wildman–Crippen MR) is 88.1 cm³/mol. The van der Waals surface area contributed by atoms with Crippen LogP contribution in [0.5, 0.6) is 0 Å².